The molecule has 7 nitrogen and oxygen atoms in total. The van der Waals surface area contributed by atoms with E-state index in [1.54, 1.807) is 7.05 Å². The summed E-state index contributed by atoms with van der Waals surface area (Å²) in [4.78, 5) is 38.1. The first-order valence-electron chi connectivity index (χ1n) is 7.28. The van der Waals surface area contributed by atoms with Crippen molar-refractivity contribution in [1.29, 1.82) is 0 Å². The molecule has 0 aromatic carbocycles. The summed E-state index contributed by atoms with van der Waals surface area (Å²) in [6, 6.07) is 0.299. The van der Waals surface area contributed by atoms with Gasteiger partial charge < -0.3 is 15.0 Å². The van der Waals surface area contributed by atoms with Gasteiger partial charge in [-0.05, 0) is 19.4 Å². The van der Waals surface area contributed by atoms with Gasteiger partial charge in [-0.3, -0.25) is 19.3 Å². The minimum Gasteiger partial charge on any atom is -0.469 e. The standard InChI is InChI=1S/C14H25N3O4/c1-4-17(8-7-14(20)21-3)10-13(19)16(2)9-12(18)15-11-5-6-11/h11H,4-10H2,1-3H3,(H,15,18). The van der Waals surface area contributed by atoms with E-state index in [4.69, 9.17) is 0 Å². The lowest BCUT2D eigenvalue weighted by Crippen LogP contribution is -2.44. The number of carbonyl (C=O) groups excluding carboxylic acids is 3. The predicted molar refractivity (Wildman–Crippen MR) is 77.5 cm³/mol. The number of carbonyl (C=O) groups is 3. The Bertz CT molecular complexity index is 382. The quantitative estimate of drug-likeness (QED) is 0.587. The minimum atomic E-state index is -0.293. The van der Waals surface area contributed by atoms with Crippen LogP contribution in [0.25, 0.3) is 0 Å². The molecule has 1 aliphatic rings. The molecular weight excluding hydrogens is 274 g/mol. The zero-order chi connectivity index (χ0) is 15.8. The van der Waals surface area contributed by atoms with E-state index in [2.05, 4.69) is 10.1 Å². The second kappa shape index (κ2) is 8.61. The van der Waals surface area contributed by atoms with Gasteiger partial charge in [-0.1, -0.05) is 6.92 Å². The first kappa shape index (κ1) is 17.4. The van der Waals surface area contributed by atoms with E-state index in [0.717, 1.165) is 12.8 Å². The lowest BCUT2D eigenvalue weighted by atomic mass is 10.3. The topological polar surface area (TPSA) is 79.0 Å². The van der Waals surface area contributed by atoms with Gasteiger partial charge in [-0.2, -0.15) is 0 Å². The van der Waals surface area contributed by atoms with Gasteiger partial charge in [0.05, 0.1) is 26.6 Å². The van der Waals surface area contributed by atoms with Crippen LogP contribution >= 0.6 is 0 Å². The van der Waals surface area contributed by atoms with E-state index in [-0.39, 0.29) is 37.3 Å². The molecule has 1 aliphatic carbocycles. The number of hydrogen-bond donors (Lipinski definition) is 1. The Morgan fingerprint density at radius 3 is 2.43 bits per heavy atom. The summed E-state index contributed by atoms with van der Waals surface area (Å²) >= 11 is 0. The second-order valence-electron chi connectivity index (χ2n) is 5.29. The molecule has 2 amide bonds. The molecule has 1 rings (SSSR count). The average molecular weight is 299 g/mol. The van der Waals surface area contributed by atoms with Crippen molar-refractivity contribution in [2.45, 2.75) is 32.2 Å². The number of hydrogen-bond acceptors (Lipinski definition) is 5. The monoisotopic (exact) mass is 299 g/mol. The van der Waals surface area contributed by atoms with Crippen molar-refractivity contribution in [3.8, 4) is 0 Å². The smallest absolute Gasteiger partial charge is 0.306 e. The third kappa shape index (κ3) is 7.08. The number of nitrogens with one attached hydrogen (secondary N) is 1. The summed E-state index contributed by atoms with van der Waals surface area (Å²) in [5.74, 6) is -0.545. The van der Waals surface area contributed by atoms with Crippen LogP contribution in [0.3, 0.4) is 0 Å². The maximum atomic E-state index is 12.1. The van der Waals surface area contributed by atoms with Crippen LogP contribution < -0.4 is 5.32 Å². The molecule has 120 valence electrons. The lowest BCUT2D eigenvalue weighted by Gasteiger charge is -2.23. The summed E-state index contributed by atoms with van der Waals surface area (Å²) < 4.78 is 4.58. The van der Waals surface area contributed by atoms with Crippen molar-refractivity contribution in [1.82, 2.24) is 15.1 Å². The molecule has 0 atom stereocenters. The number of esters is 1. The fourth-order valence-corrected chi connectivity index (χ4v) is 1.82. The Morgan fingerprint density at radius 2 is 1.90 bits per heavy atom. The maximum Gasteiger partial charge on any atom is 0.306 e. The minimum absolute atomic E-state index is 0.0733. The van der Waals surface area contributed by atoms with Crippen LogP contribution in [0.1, 0.15) is 26.2 Å². The number of methoxy groups -OCH3 is 1. The largest absolute Gasteiger partial charge is 0.469 e. The Morgan fingerprint density at radius 1 is 1.24 bits per heavy atom. The number of ether oxygens (including phenoxy) is 1. The lowest BCUT2D eigenvalue weighted by molar-refractivity contribution is -0.141. The van der Waals surface area contributed by atoms with Gasteiger partial charge in [0.25, 0.3) is 0 Å². The van der Waals surface area contributed by atoms with E-state index in [0.29, 0.717) is 19.1 Å². The Labute approximate surface area is 125 Å². The summed E-state index contributed by atoms with van der Waals surface area (Å²) in [7, 11) is 2.96. The van der Waals surface area contributed by atoms with Crippen LogP contribution in [0, 0.1) is 0 Å². The molecule has 1 fully saturated rings. The van der Waals surface area contributed by atoms with Crippen LogP contribution in [0.2, 0.25) is 0 Å². The number of amides is 2. The van der Waals surface area contributed by atoms with Crippen molar-refractivity contribution in [2.75, 3.05) is 40.3 Å². The molecule has 0 radical (unpaired) electrons. The molecule has 0 aliphatic heterocycles. The zero-order valence-corrected chi connectivity index (χ0v) is 13.1. The first-order chi connectivity index (χ1) is 9.96. The van der Waals surface area contributed by atoms with Gasteiger partial charge in [0, 0.05) is 19.6 Å². The Hall–Kier alpha value is -1.63. The zero-order valence-electron chi connectivity index (χ0n) is 13.1. The maximum absolute atomic E-state index is 12.1. The molecular formula is C14H25N3O4. The highest BCUT2D eigenvalue weighted by molar-refractivity contribution is 5.85. The van der Waals surface area contributed by atoms with Crippen LogP contribution in [0.4, 0.5) is 0 Å². The normalized spacial score (nSPS) is 13.9. The molecule has 0 saturated heterocycles. The number of nitrogens with zero attached hydrogens (tertiary/aromatic N) is 2. The summed E-state index contributed by atoms with van der Waals surface area (Å²) in [6.07, 6.45) is 2.31. The molecule has 1 saturated carbocycles. The van der Waals surface area contributed by atoms with Crippen molar-refractivity contribution < 1.29 is 19.1 Å². The fourth-order valence-electron chi connectivity index (χ4n) is 1.82. The summed E-state index contributed by atoms with van der Waals surface area (Å²) in [5.41, 5.74) is 0. The number of rotatable bonds is 9. The first-order valence-corrected chi connectivity index (χ1v) is 7.28. The molecule has 0 aromatic heterocycles. The number of likely N-dealkylation sites (N-methyl/N-ethyl adjacent to an activating group) is 2. The van der Waals surface area contributed by atoms with Gasteiger partial charge in [0.1, 0.15) is 0 Å². The molecule has 0 spiro atoms. The van der Waals surface area contributed by atoms with Gasteiger partial charge in [-0.25, -0.2) is 0 Å². The van der Waals surface area contributed by atoms with E-state index in [1.807, 2.05) is 11.8 Å². The average Bonchev–Trinajstić information content (AvgIpc) is 3.26. The van der Waals surface area contributed by atoms with E-state index >= 15 is 0 Å². The van der Waals surface area contributed by atoms with Gasteiger partial charge in [-0.15, -0.1) is 0 Å². The SMILES string of the molecule is CCN(CCC(=O)OC)CC(=O)N(C)CC(=O)NC1CC1. The molecule has 7 heteroatoms. The molecule has 0 heterocycles. The predicted octanol–water partition coefficient (Wildman–Crippen LogP) is -0.392. The summed E-state index contributed by atoms with van der Waals surface area (Å²) in [5, 5.41) is 2.85. The van der Waals surface area contributed by atoms with E-state index in [1.165, 1.54) is 12.0 Å². The third-order valence-electron chi connectivity index (χ3n) is 3.41. The van der Waals surface area contributed by atoms with E-state index in [9.17, 15) is 14.4 Å². The highest BCUT2D eigenvalue weighted by Crippen LogP contribution is 2.18. The van der Waals surface area contributed by atoms with Crippen LogP contribution in [-0.4, -0.2) is 74.0 Å². The Balaban J connectivity index is 2.30. The molecule has 0 aromatic rings. The second-order valence-corrected chi connectivity index (χ2v) is 5.29. The third-order valence-corrected chi connectivity index (χ3v) is 3.41. The highest BCUT2D eigenvalue weighted by atomic mass is 16.5. The van der Waals surface area contributed by atoms with Crippen molar-refractivity contribution in [3.05, 3.63) is 0 Å². The van der Waals surface area contributed by atoms with Gasteiger partial charge >= 0.3 is 5.97 Å². The molecule has 0 unspecified atom stereocenters. The highest BCUT2D eigenvalue weighted by Gasteiger charge is 2.24. The van der Waals surface area contributed by atoms with Crippen molar-refractivity contribution in [2.24, 2.45) is 0 Å². The van der Waals surface area contributed by atoms with Crippen LogP contribution in [-0.2, 0) is 19.1 Å². The van der Waals surface area contributed by atoms with Crippen LogP contribution in [0.15, 0.2) is 0 Å². The van der Waals surface area contributed by atoms with Crippen molar-refractivity contribution >= 4 is 17.8 Å². The summed E-state index contributed by atoms with van der Waals surface area (Å²) in [6.45, 7) is 3.32. The van der Waals surface area contributed by atoms with Crippen molar-refractivity contribution in [3.63, 3.8) is 0 Å². The Kier molecular flexibility index (Phi) is 7.14. The van der Waals surface area contributed by atoms with Crippen LogP contribution in [0.5, 0.6) is 0 Å². The van der Waals surface area contributed by atoms with E-state index < -0.39 is 0 Å². The molecule has 21 heavy (non-hydrogen) atoms. The van der Waals surface area contributed by atoms with Gasteiger partial charge in [0.2, 0.25) is 11.8 Å². The van der Waals surface area contributed by atoms with Gasteiger partial charge in [0.15, 0.2) is 0 Å². The molecule has 1 N–H and O–H groups in total. The fraction of sp³-hybridized carbons (Fsp3) is 0.786. The molecule has 0 bridgehead atoms.